The van der Waals surface area contributed by atoms with Crippen LogP contribution in [0.5, 0.6) is 0 Å². The molecule has 1 aromatic carbocycles. The second-order valence-electron chi connectivity index (χ2n) is 6.21. The van der Waals surface area contributed by atoms with Crippen molar-refractivity contribution in [2.75, 3.05) is 26.7 Å². The van der Waals surface area contributed by atoms with E-state index in [0.29, 0.717) is 30.6 Å². The maximum Gasteiger partial charge on any atom is 0.261 e. The Morgan fingerprint density at radius 1 is 1.14 bits per heavy atom. The van der Waals surface area contributed by atoms with E-state index in [9.17, 15) is 14.7 Å². The normalized spacial score (nSPS) is 15.0. The van der Waals surface area contributed by atoms with Gasteiger partial charge in [0.05, 0.1) is 16.7 Å². The zero-order chi connectivity index (χ0) is 15.6. The highest BCUT2D eigenvalue weighted by Crippen LogP contribution is 2.22. The third-order valence-corrected chi connectivity index (χ3v) is 3.46. The number of benzene rings is 1. The van der Waals surface area contributed by atoms with Gasteiger partial charge in [0.25, 0.3) is 11.8 Å². The molecule has 0 saturated carbocycles. The van der Waals surface area contributed by atoms with Crippen molar-refractivity contribution in [3.05, 3.63) is 35.4 Å². The second-order valence-corrected chi connectivity index (χ2v) is 6.21. The summed E-state index contributed by atoms with van der Waals surface area (Å²) in [6.45, 7) is 5.19. The number of hydrogen-bond acceptors (Lipinski definition) is 4. The SMILES string of the molecule is CN(CCCN1C(=O)c2ccccc2C1=O)CC(C)(C)O. The molecule has 0 spiro atoms. The van der Waals surface area contributed by atoms with Gasteiger partial charge in [0.15, 0.2) is 0 Å². The van der Waals surface area contributed by atoms with Crippen LogP contribution in [0.1, 0.15) is 41.0 Å². The Hall–Kier alpha value is -1.72. The number of fused-ring (bicyclic) bond motifs is 1. The smallest absolute Gasteiger partial charge is 0.261 e. The van der Waals surface area contributed by atoms with E-state index < -0.39 is 5.60 Å². The summed E-state index contributed by atoms with van der Waals surface area (Å²) in [5, 5.41) is 9.74. The molecule has 1 N–H and O–H groups in total. The summed E-state index contributed by atoms with van der Waals surface area (Å²) in [5.41, 5.74) is 0.240. The number of carbonyl (C=O) groups excluding carboxylic acids is 2. The fourth-order valence-corrected chi connectivity index (χ4v) is 2.68. The lowest BCUT2D eigenvalue weighted by Crippen LogP contribution is -2.38. The third kappa shape index (κ3) is 3.68. The highest BCUT2D eigenvalue weighted by atomic mass is 16.3. The molecule has 0 fully saturated rings. The van der Waals surface area contributed by atoms with Gasteiger partial charge in [0.2, 0.25) is 0 Å². The van der Waals surface area contributed by atoms with Crippen LogP contribution in [0.15, 0.2) is 24.3 Å². The maximum atomic E-state index is 12.2. The molecule has 1 aliphatic rings. The summed E-state index contributed by atoms with van der Waals surface area (Å²) in [5.74, 6) is -0.415. The first-order valence-electron chi connectivity index (χ1n) is 7.16. The zero-order valence-corrected chi connectivity index (χ0v) is 12.8. The minimum Gasteiger partial charge on any atom is -0.389 e. The van der Waals surface area contributed by atoms with Crippen LogP contribution in [0.2, 0.25) is 0 Å². The van der Waals surface area contributed by atoms with E-state index in [1.807, 2.05) is 11.9 Å². The Balaban J connectivity index is 1.88. The summed E-state index contributed by atoms with van der Waals surface area (Å²) in [7, 11) is 1.92. The summed E-state index contributed by atoms with van der Waals surface area (Å²) in [6.07, 6.45) is 0.693. The lowest BCUT2D eigenvalue weighted by Gasteiger charge is -2.25. The van der Waals surface area contributed by atoms with Gasteiger partial charge in [-0.2, -0.15) is 0 Å². The fourth-order valence-electron chi connectivity index (χ4n) is 2.68. The quantitative estimate of drug-likeness (QED) is 0.804. The molecular weight excluding hydrogens is 268 g/mol. The molecule has 0 radical (unpaired) electrons. The summed E-state index contributed by atoms with van der Waals surface area (Å²) in [6, 6.07) is 6.92. The lowest BCUT2D eigenvalue weighted by atomic mass is 10.1. The van der Waals surface area contributed by atoms with E-state index in [2.05, 4.69) is 0 Å². The molecule has 1 aromatic rings. The average Bonchev–Trinajstić information content (AvgIpc) is 2.62. The molecule has 0 aliphatic carbocycles. The van der Waals surface area contributed by atoms with Crippen LogP contribution < -0.4 is 0 Å². The number of nitrogens with zero attached hydrogens (tertiary/aromatic N) is 2. The molecule has 0 atom stereocenters. The minimum absolute atomic E-state index is 0.208. The predicted molar refractivity (Wildman–Crippen MR) is 80.2 cm³/mol. The summed E-state index contributed by atoms with van der Waals surface area (Å²) in [4.78, 5) is 27.6. The lowest BCUT2D eigenvalue weighted by molar-refractivity contribution is 0.0425. The first-order chi connectivity index (χ1) is 9.79. The van der Waals surface area contributed by atoms with Crippen molar-refractivity contribution in [3.63, 3.8) is 0 Å². The second kappa shape index (κ2) is 5.95. The van der Waals surface area contributed by atoms with Gasteiger partial charge in [-0.15, -0.1) is 0 Å². The van der Waals surface area contributed by atoms with E-state index in [1.54, 1.807) is 38.1 Å². The van der Waals surface area contributed by atoms with Crippen LogP contribution in [-0.4, -0.2) is 59.0 Å². The van der Waals surface area contributed by atoms with Crippen molar-refractivity contribution in [1.29, 1.82) is 0 Å². The van der Waals surface area contributed by atoms with Gasteiger partial charge in [0.1, 0.15) is 0 Å². The van der Waals surface area contributed by atoms with Gasteiger partial charge < -0.3 is 10.0 Å². The molecule has 1 aliphatic heterocycles. The Bertz CT molecular complexity index is 514. The Morgan fingerprint density at radius 2 is 1.67 bits per heavy atom. The van der Waals surface area contributed by atoms with Crippen LogP contribution in [0, 0.1) is 0 Å². The van der Waals surface area contributed by atoms with E-state index in [-0.39, 0.29) is 11.8 Å². The van der Waals surface area contributed by atoms with Gasteiger partial charge in [-0.05, 0) is 46.0 Å². The molecule has 2 amide bonds. The number of carbonyl (C=O) groups is 2. The van der Waals surface area contributed by atoms with Crippen LogP contribution in [0.25, 0.3) is 0 Å². The number of aliphatic hydroxyl groups is 1. The topological polar surface area (TPSA) is 60.9 Å². The molecule has 21 heavy (non-hydrogen) atoms. The minimum atomic E-state index is -0.746. The van der Waals surface area contributed by atoms with Gasteiger partial charge in [0, 0.05) is 13.1 Å². The number of amides is 2. The number of rotatable bonds is 6. The zero-order valence-electron chi connectivity index (χ0n) is 12.8. The van der Waals surface area contributed by atoms with Crippen LogP contribution >= 0.6 is 0 Å². The van der Waals surface area contributed by atoms with Gasteiger partial charge in [-0.3, -0.25) is 14.5 Å². The Kier molecular flexibility index (Phi) is 4.44. The van der Waals surface area contributed by atoms with E-state index in [1.165, 1.54) is 4.90 Å². The van der Waals surface area contributed by atoms with Crippen LogP contribution in [0.4, 0.5) is 0 Å². The molecule has 0 aromatic heterocycles. The van der Waals surface area contributed by atoms with Crippen LogP contribution in [-0.2, 0) is 0 Å². The van der Waals surface area contributed by atoms with Crippen molar-refractivity contribution in [3.8, 4) is 0 Å². The monoisotopic (exact) mass is 290 g/mol. The van der Waals surface area contributed by atoms with Gasteiger partial charge >= 0.3 is 0 Å². The first kappa shape index (κ1) is 15.7. The Labute approximate surface area is 125 Å². The highest BCUT2D eigenvalue weighted by Gasteiger charge is 2.34. The fraction of sp³-hybridized carbons (Fsp3) is 0.500. The van der Waals surface area contributed by atoms with E-state index >= 15 is 0 Å². The first-order valence-corrected chi connectivity index (χ1v) is 7.16. The summed E-state index contributed by atoms with van der Waals surface area (Å²) < 4.78 is 0. The van der Waals surface area contributed by atoms with Crippen molar-refractivity contribution < 1.29 is 14.7 Å². The molecule has 5 nitrogen and oxygen atoms in total. The van der Waals surface area contributed by atoms with Crippen molar-refractivity contribution in [2.24, 2.45) is 0 Å². The summed E-state index contributed by atoms with van der Waals surface area (Å²) >= 11 is 0. The van der Waals surface area contributed by atoms with Crippen molar-refractivity contribution in [1.82, 2.24) is 9.80 Å². The highest BCUT2D eigenvalue weighted by molar-refractivity contribution is 6.21. The molecule has 0 unspecified atom stereocenters. The molecule has 0 saturated heterocycles. The van der Waals surface area contributed by atoms with E-state index in [0.717, 1.165) is 6.54 Å². The molecule has 1 heterocycles. The molecule has 2 rings (SSSR count). The molecule has 5 heteroatoms. The van der Waals surface area contributed by atoms with Crippen molar-refractivity contribution in [2.45, 2.75) is 25.9 Å². The molecule has 114 valence electrons. The molecular formula is C16H22N2O3. The number of likely N-dealkylation sites (N-methyl/N-ethyl adjacent to an activating group) is 1. The third-order valence-electron chi connectivity index (χ3n) is 3.46. The predicted octanol–water partition coefficient (Wildman–Crippen LogP) is 1.38. The van der Waals surface area contributed by atoms with E-state index in [4.69, 9.17) is 0 Å². The average molecular weight is 290 g/mol. The standard InChI is InChI=1S/C16H22N2O3/c1-16(2,21)11-17(3)9-6-10-18-14(19)12-7-4-5-8-13(12)15(18)20/h4-5,7-8,21H,6,9-11H2,1-3H3. The van der Waals surface area contributed by atoms with Gasteiger partial charge in [-0.25, -0.2) is 0 Å². The molecule has 0 bridgehead atoms. The van der Waals surface area contributed by atoms with Crippen LogP contribution in [0.3, 0.4) is 0 Å². The van der Waals surface area contributed by atoms with Crippen molar-refractivity contribution >= 4 is 11.8 Å². The largest absolute Gasteiger partial charge is 0.389 e. The Morgan fingerprint density at radius 3 is 2.14 bits per heavy atom. The number of imide groups is 1. The number of hydrogen-bond donors (Lipinski definition) is 1. The van der Waals surface area contributed by atoms with Gasteiger partial charge in [-0.1, -0.05) is 12.1 Å². The maximum absolute atomic E-state index is 12.2.